The number of anilines is 1. The summed E-state index contributed by atoms with van der Waals surface area (Å²) in [6, 6.07) is 2.46. The monoisotopic (exact) mass is 295 g/mol. The number of nitrogen functional groups attached to an aromatic ring is 1. The summed E-state index contributed by atoms with van der Waals surface area (Å²) in [5.74, 6) is -1.36. The zero-order valence-electron chi connectivity index (χ0n) is 6.80. The third kappa shape index (κ3) is 2.09. The van der Waals surface area contributed by atoms with E-state index in [1.807, 2.05) is 22.6 Å². The third-order valence-electron chi connectivity index (χ3n) is 1.49. The molecule has 13 heavy (non-hydrogen) atoms. The highest BCUT2D eigenvalue weighted by Crippen LogP contribution is 2.20. The smallest absolute Gasteiger partial charge is 0.340 e. The zero-order valence-corrected chi connectivity index (χ0v) is 8.96. The second-order valence-electron chi connectivity index (χ2n) is 2.35. The molecule has 70 valence electrons. The summed E-state index contributed by atoms with van der Waals surface area (Å²) in [4.78, 5) is 11.0. The minimum atomic E-state index is -0.699. The molecule has 0 fully saturated rings. The predicted molar refractivity (Wildman–Crippen MR) is 54.9 cm³/mol. The fourth-order valence-corrected chi connectivity index (χ4v) is 1.30. The van der Waals surface area contributed by atoms with Crippen LogP contribution in [-0.2, 0) is 4.74 Å². The summed E-state index contributed by atoms with van der Waals surface area (Å²) in [6.07, 6.45) is 0. The van der Waals surface area contributed by atoms with Gasteiger partial charge in [-0.2, -0.15) is 0 Å². The first-order chi connectivity index (χ1) is 6.06. The van der Waals surface area contributed by atoms with Gasteiger partial charge in [-0.3, -0.25) is 0 Å². The number of ether oxygens (including phenoxy) is 1. The molecule has 5 heteroatoms. The highest BCUT2D eigenvalue weighted by molar-refractivity contribution is 14.1. The van der Waals surface area contributed by atoms with Gasteiger partial charge in [0.2, 0.25) is 0 Å². The fraction of sp³-hybridized carbons (Fsp3) is 0.125. The molecule has 0 aliphatic rings. The molecule has 0 spiro atoms. The summed E-state index contributed by atoms with van der Waals surface area (Å²) in [5, 5.41) is 0. The van der Waals surface area contributed by atoms with Gasteiger partial charge >= 0.3 is 5.97 Å². The Hall–Kier alpha value is -0.850. The first kappa shape index (κ1) is 10.2. The lowest BCUT2D eigenvalue weighted by Gasteiger charge is -2.03. The maximum absolute atomic E-state index is 13.1. The van der Waals surface area contributed by atoms with E-state index < -0.39 is 11.8 Å². The van der Waals surface area contributed by atoms with Crippen LogP contribution in [-0.4, -0.2) is 13.1 Å². The number of hydrogen-bond acceptors (Lipinski definition) is 3. The Morgan fingerprint density at radius 1 is 1.62 bits per heavy atom. The van der Waals surface area contributed by atoms with Crippen LogP contribution < -0.4 is 5.73 Å². The number of hydrogen-bond donors (Lipinski definition) is 1. The number of esters is 1. The lowest BCUT2D eigenvalue weighted by atomic mass is 10.2. The molecule has 0 amide bonds. The minimum absolute atomic E-state index is 0.0962. The average Bonchev–Trinajstić information content (AvgIpc) is 2.10. The van der Waals surface area contributed by atoms with Crippen molar-refractivity contribution in [1.29, 1.82) is 0 Å². The molecule has 0 atom stereocenters. The number of benzene rings is 1. The first-order valence-electron chi connectivity index (χ1n) is 3.39. The van der Waals surface area contributed by atoms with Gasteiger partial charge in [0, 0.05) is 9.26 Å². The van der Waals surface area contributed by atoms with Gasteiger partial charge in [0.25, 0.3) is 0 Å². The van der Waals surface area contributed by atoms with Crippen molar-refractivity contribution in [2.45, 2.75) is 0 Å². The van der Waals surface area contributed by atoms with E-state index in [0.29, 0.717) is 9.26 Å². The van der Waals surface area contributed by atoms with E-state index >= 15 is 0 Å². The van der Waals surface area contributed by atoms with Gasteiger partial charge in [0.15, 0.2) is 0 Å². The van der Waals surface area contributed by atoms with Crippen LogP contribution in [0.1, 0.15) is 10.4 Å². The molecule has 0 aromatic heterocycles. The van der Waals surface area contributed by atoms with Crippen LogP contribution in [0.25, 0.3) is 0 Å². The molecule has 0 unspecified atom stereocenters. The van der Waals surface area contributed by atoms with E-state index in [4.69, 9.17) is 5.73 Å². The maximum atomic E-state index is 13.1. The molecule has 2 N–H and O–H groups in total. The van der Waals surface area contributed by atoms with E-state index in [9.17, 15) is 9.18 Å². The standard InChI is InChI=1S/C8H7FINO2/c1-13-8(12)4-2-6(10)7(11)3-5(4)9/h2-3H,11H2,1H3. The Labute approximate surface area is 88.2 Å². The van der Waals surface area contributed by atoms with E-state index in [1.54, 1.807) is 0 Å². The SMILES string of the molecule is COC(=O)c1cc(I)c(N)cc1F. The van der Waals surface area contributed by atoms with E-state index in [0.717, 1.165) is 6.07 Å². The van der Waals surface area contributed by atoms with Gasteiger partial charge in [-0.25, -0.2) is 9.18 Å². The van der Waals surface area contributed by atoms with Crippen molar-refractivity contribution in [2.75, 3.05) is 12.8 Å². The summed E-state index contributed by atoms with van der Waals surface area (Å²) in [6.45, 7) is 0. The first-order valence-corrected chi connectivity index (χ1v) is 4.47. The third-order valence-corrected chi connectivity index (χ3v) is 2.43. The van der Waals surface area contributed by atoms with Crippen LogP contribution in [0.2, 0.25) is 0 Å². The Bertz CT molecular complexity index is 354. The molecule has 0 saturated heterocycles. The second-order valence-corrected chi connectivity index (χ2v) is 3.51. The summed E-state index contributed by atoms with van der Waals surface area (Å²) >= 11 is 1.92. The van der Waals surface area contributed by atoms with Crippen molar-refractivity contribution in [3.05, 3.63) is 27.1 Å². The maximum Gasteiger partial charge on any atom is 0.340 e. The molecule has 0 aliphatic carbocycles. The molecular weight excluding hydrogens is 288 g/mol. The molecule has 0 saturated carbocycles. The van der Waals surface area contributed by atoms with Crippen LogP contribution in [0, 0.1) is 9.39 Å². The predicted octanol–water partition coefficient (Wildman–Crippen LogP) is 1.80. The van der Waals surface area contributed by atoms with Gasteiger partial charge in [-0.05, 0) is 34.7 Å². The quantitative estimate of drug-likeness (QED) is 0.488. The van der Waals surface area contributed by atoms with Gasteiger partial charge < -0.3 is 10.5 Å². The molecule has 0 heterocycles. The van der Waals surface area contributed by atoms with Gasteiger partial charge in [-0.1, -0.05) is 0 Å². The van der Waals surface area contributed by atoms with Crippen molar-refractivity contribution in [1.82, 2.24) is 0 Å². The van der Waals surface area contributed by atoms with Crippen LogP contribution in [0.3, 0.4) is 0 Å². The number of methoxy groups -OCH3 is 1. The molecule has 0 bridgehead atoms. The Balaban J connectivity index is 3.23. The summed E-state index contributed by atoms with van der Waals surface area (Å²) in [5.41, 5.74) is 5.65. The Morgan fingerprint density at radius 2 is 2.23 bits per heavy atom. The number of carbonyl (C=O) groups is 1. The molecule has 1 rings (SSSR count). The van der Waals surface area contributed by atoms with E-state index in [2.05, 4.69) is 4.74 Å². The van der Waals surface area contributed by atoms with E-state index in [1.165, 1.54) is 13.2 Å². The lowest BCUT2D eigenvalue weighted by molar-refractivity contribution is 0.0595. The highest BCUT2D eigenvalue weighted by atomic mass is 127. The highest BCUT2D eigenvalue weighted by Gasteiger charge is 2.13. The largest absolute Gasteiger partial charge is 0.465 e. The number of carbonyl (C=O) groups excluding carboxylic acids is 1. The Morgan fingerprint density at radius 3 is 2.77 bits per heavy atom. The van der Waals surface area contributed by atoms with Gasteiger partial charge in [-0.15, -0.1) is 0 Å². The summed E-state index contributed by atoms with van der Waals surface area (Å²) < 4.78 is 18.1. The molecule has 1 aromatic rings. The topological polar surface area (TPSA) is 52.3 Å². The van der Waals surface area contributed by atoms with Gasteiger partial charge in [0.05, 0.1) is 12.7 Å². The van der Waals surface area contributed by atoms with E-state index in [-0.39, 0.29) is 5.56 Å². The van der Waals surface area contributed by atoms with Crippen LogP contribution in [0.5, 0.6) is 0 Å². The number of nitrogens with two attached hydrogens (primary N) is 1. The van der Waals surface area contributed by atoms with Crippen molar-refractivity contribution in [3.8, 4) is 0 Å². The van der Waals surface area contributed by atoms with Crippen molar-refractivity contribution < 1.29 is 13.9 Å². The normalized spacial score (nSPS) is 9.77. The van der Waals surface area contributed by atoms with Crippen LogP contribution in [0.4, 0.5) is 10.1 Å². The van der Waals surface area contributed by atoms with Gasteiger partial charge in [0.1, 0.15) is 5.82 Å². The molecule has 3 nitrogen and oxygen atoms in total. The Kier molecular flexibility index (Phi) is 3.07. The molecule has 0 aliphatic heterocycles. The minimum Gasteiger partial charge on any atom is -0.465 e. The van der Waals surface area contributed by atoms with Crippen molar-refractivity contribution in [3.63, 3.8) is 0 Å². The van der Waals surface area contributed by atoms with Crippen molar-refractivity contribution in [2.24, 2.45) is 0 Å². The average molecular weight is 295 g/mol. The summed E-state index contributed by atoms with van der Waals surface area (Å²) in [7, 11) is 1.20. The van der Waals surface area contributed by atoms with Crippen molar-refractivity contribution >= 4 is 34.2 Å². The second kappa shape index (κ2) is 3.91. The van der Waals surface area contributed by atoms with Crippen LogP contribution in [0.15, 0.2) is 12.1 Å². The molecule has 0 radical (unpaired) electrons. The molecule has 1 aromatic carbocycles. The van der Waals surface area contributed by atoms with Crippen LogP contribution >= 0.6 is 22.6 Å². The number of rotatable bonds is 1. The molecular formula is C8H7FINO2. The fourth-order valence-electron chi connectivity index (χ4n) is 0.829. The lowest BCUT2D eigenvalue weighted by Crippen LogP contribution is -2.06. The number of halogens is 2. The zero-order chi connectivity index (χ0) is 10.0.